The summed E-state index contributed by atoms with van der Waals surface area (Å²) < 4.78 is 19.1. The summed E-state index contributed by atoms with van der Waals surface area (Å²) in [6.45, 7) is 0.641. The molecule has 0 aliphatic heterocycles. The largest absolute Gasteiger partial charge is 0.382 e. The lowest BCUT2D eigenvalue weighted by Gasteiger charge is -2.10. The second-order valence-electron chi connectivity index (χ2n) is 6.57. The molecule has 2 N–H and O–H groups in total. The van der Waals surface area contributed by atoms with Crippen LogP contribution in [0.5, 0.6) is 0 Å². The minimum Gasteiger partial charge on any atom is -0.382 e. The topological polar surface area (TPSA) is 91.0 Å². The molecule has 0 aliphatic rings. The third kappa shape index (κ3) is 3.84. The first kappa shape index (κ1) is 19.2. The van der Waals surface area contributed by atoms with Crippen molar-refractivity contribution in [3.05, 3.63) is 83.7 Å². The van der Waals surface area contributed by atoms with E-state index in [1.54, 1.807) is 24.3 Å². The predicted molar refractivity (Wildman–Crippen MR) is 111 cm³/mol. The van der Waals surface area contributed by atoms with Gasteiger partial charge in [0.15, 0.2) is 5.76 Å². The zero-order valence-corrected chi connectivity index (χ0v) is 15.9. The van der Waals surface area contributed by atoms with Crippen LogP contribution < -0.4 is 10.6 Å². The van der Waals surface area contributed by atoms with Crippen LogP contribution in [0.2, 0.25) is 0 Å². The maximum atomic E-state index is 13.6. The molecule has 0 aliphatic carbocycles. The zero-order valence-electron chi connectivity index (χ0n) is 15.9. The number of nitrogens with one attached hydrogen (secondary N) is 2. The van der Waals surface area contributed by atoms with Gasteiger partial charge < -0.3 is 15.2 Å². The highest BCUT2D eigenvalue weighted by molar-refractivity contribution is 6.01. The molecule has 3 aromatic carbocycles. The molecule has 0 atom stereocenters. The first-order chi connectivity index (χ1) is 14.7. The number of carbonyl (C=O) groups is 1. The second kappa shape index (κ2) is 8.45. The highest BCUT2D eigenvalue weighted by atomic mass is 19.1. The quantitative estimate of drug-likeness (QED) is 0.470. The van der Waals surface area contributed by atoms with E-state index < -0.39 is 5.82 Å². The Labute approximate surface area is 171 Å². The Balaban J connectivity index is 1.43. The number of hydrogen-bond donors (Lipinski definition) is 2. The summed E-state index contributed by atoms with van der Waals surface area (Å²) in [5.74, 6) is -0.224. The van der Waals surface area contributed by atoms with Crippen LogP contribution in [-0.2, 0) is 0 Å². The number of benzene rings is 3. The van der Waals surface area contributed by atoms with Crippen molar-refractivity contribution in [2.45, 2.75) is 0 Å². The molecule has 1 aromatic heterocycles. The van der Waals surface area contributed by atoms with E-state index in [9.17, 15) is 9.18 Å². The fourth-order valence-electron chi connectivity index (χ4n) is 3.14. The molecule has 0 bridgehead atoms. The summed E-state index contributed by atoms with van der Waals surface area (Å²) in [4.78, 5) is 12.5. The van der Waals surface area contributed by atoms with Crippen molar-refractivity contribution in [3.63, 3.8) is 0 Å². The first-order valence-corrected chi connectivity index (χ1v) is 9.33. The van der Waals surface area contributed by atoms with Crippen molar-refractivity contribution >= 4 is 22.5 Å². The lowest BCUT2D eigenvalue weighted by Crippen LogP contribution is -2.28. The number of nitrogens with zero attached hydrogens (tertiary/aromatic N) is 2. The molecule has 0 unspecified atom stereocenters. The monoisotopic (exact) mass is 400 g/mol. The maximum Gasteiger partial charge on any atom is 0.251 e. The number of rotatable bonds is 6. The Morgan fingerprint density at radius 3 is 2.70 bits per heavy atom. The summed E-state index contributed by atoms with van der Waals surface area (Å²) >= 11 is 0. The number of fused-ring (bicyclic) bond motifs is 1. The molecule has 4 aromatic rings. The van der Waals surface area contributed by atoms with E-state index in [1.807, 2.05) is 36.4 Å². The Bertz CT molecular complexity index is 1250. The third-order valence-electron chi connectivity index (χ3n) is 4.63. The van der Waals surface area contributed by atoms with E-state index in [-0.39, 0.29) is 11.5 Å². The molecule has 0 saturated carbocycles. The van der Waals surface area contributed by atoms with Crippen LogP contribution in [0.4, 0.5) is 10.1 Å². The normalized spacial score (nSPS) is 10.5. The van der Waals surface area contributed by atoms with Crippen LogP contribution in [-0.4, -0.2) is 24.2 Å². The highest BCUT2D eigenvalue weighted by Gasteiger charge is 2.14. The highest BCUT2D eigenvalue weighted by Crippen LogP contribution is 2.29. The smallest absolute Gasteiger partial charge is 0.251 e. The minimum absolute atomic E-state index is 0.0461. The molecule has 1 amide bonds. The van der Waals surface area contributed by atoms with E-state index in [4.69, 9.17) is 9.78 Å². The van der Waals surface area contributed by atoms with Gasteiger partial charge in [0, 0.05) is 24.2 Å². The van der Waals surface area contributed by atoms with Gasteiger partial charge >= 0.3 is 0 Å². The van der Waals surface area contributed by atoms with Gasteiger partial charge in [-0.25, -0.2) is 4.39 Å². The molecule has 0 saturated heterocycles. The summed E-state index contributed by atoms with van der Waals surface area (Å²) in [7, 11) is 0. The number of halogens is 1. The van der Waals surface area contributed by atoms with Crippen LogP contribution in [0.3, 0.4) is 0 Å². The number of nitriles is 1. The van der Waals surface area contributed by atoms with Gasteiger partial charge in [0.05, 0.1) is 11.1 Å². The van der Waals surface area contributed by atoms with E-state index >= 15 is 0 Å². The summed E-state index contributed by atoms with van der Waals surface area (Å²) in [5, 5.41) is 19.6. The maximum absolute atomic E-state index is 13.6. The average molecular weight is 400 g/mol. The fraction of sp³-hybridized carbons (Fsp3) is 0.0870. The average Bonchev–Trinajstić information content (AvgIpc) is 3.20. The second-order valence-corrected chi connectivity index (χ2v) is 6.57. The minimum atomic E-state index is -0.581. The zero-order chi connectivity index (χ0) is 20.9. The molecular formula is C23H17FN4O2. The van der Waals surface area contributed by atoms with Gasteiger partial charge in [0.25, 0.3) is 5.91 Å². The SMILES string of the molecule is N#Cc1c(F)cccc1NCCNC(=O)c1ccc2noc(-c3ccccc3)c2c1. The number of anilines is 1. The van der Waals surface area contributed by atoms with Crippen molar-refractivity contribution in [3.8, 4) is 17.4 Å². The number of aromatic nitrogens is 1. The van der Waals surface area contributed by atoms with Crippen molar-refractivity contribution in [1.82, 2.24) is 10.5 Å². The van der Waals surface area contributed by atoms with Gasteiger partial charge in [0.2, 0.25) is 0 Å². The van der Waals surface area contributed by atoms with Gasteiger partial charge in [-0.1, -0.05) is 41.6 Å². The fourth-order valence-corrected chi connectivity index (χ4v) is 3.14. The van der Waals surface area contributed by atoms with Crippen LogP contribution in [0, 0.1) is 17.1 Å². The molecule has 6 nitrogen and oxygen atoms in total. The van der Waals surface area contributed by atoms with E-state index in [2.05, 4.69) is 15.8 Å². The predicted octanol–water partition coefficient (Wildman–Crippen LogP) is 4.35. The van der Waals surface area contributed by atoms with Crippen molar-refractivity contribution < 1.29 is 13.7 Å². The molecule has 4 rings (SSSR count). The Morgan fingerprint density at radius 2 is 1.90 bits per heavy atom. The molecular weight excluding hydrogens is 383 g/mol. The van der Waals surface area contributed by atoms with Crippen LogP contribution in [0.1, 0.15) is 15.9 Å². The molecule has 0 spiro atoms. The summed E-state index contributed by atoms with van der Waals surface area (Å²) in [6, 6.07) is 20.9. The summed E-state index contributed by atoms with van der Waals surface area (Å²) in [5.41, 5.74) is 2.37. The molecule has 30 heavy (non-hydrogen) atoms. The van der Waals surface area contributed by atoms with Crippen molar-refractivity contribution in [2.75, 3.05) is 18.4 Å². The number of amides is 1. The molecule has 0 fully saturated rings. The van der Waals surface area contributed by atoms with E-state index in [0.29, 0.717) is 35.6 Å². The number of carbonyl (C=O) groups excluding carboxylic acids is 1. The molecule has 7 heteroatoms. The van der Waals surface area contributed by atoms with Gasteiger partial charge in [0.1, 0.15) is 23.0 Å². The van der Waals surface area contributed by atoms with Gasteiger partial charge in [-0.15, -0.1) is 0 Å². The standard InChI is InChI=1S/C23H17FN4O2/c24-19-7-4-8-20(18(19)14-25)26-11-12-27-23(29)16-9-10-21-17(13-16)22(30-28-21)15-5-2-1-3-6-15/h1-10,13,26H,11-12H2,(H,27,29). The molecule has 0 radical (unpaired) electrons. The lowest BCUT2D eigenvalue weighted by molar-refractivity contribution is 0.0955. The van der Waals surface area contributed by atoms with Crippen LogP contribution in [0.25, 0.3) is 22.2 Å². The van der Waals surface area contributed by atoms with Gasteiger partial charge in [-0.3, -0.25) is 4.79 Å². The van der Waals surface area contributed by atoms with Gasteiger partial charge in [-0.2, -0.15) is 5.26 Å². The summed E-state index contributed by atoms with van der Waals surface area (Å²) in [6.07, 6.45) is 0. The number of hydrogen-bond acceptors (Lipinski definition) is 5. The van der Waals surface area contributed by atoms with E-state index in [0.717, 1.165) is 10.9 Å². The van der Waals surface area contributed by atoms with Crippen LogP contribution in [0.15, 0.2) is 71.3 Å². The Hall–Kier alpha value is -4.18. The van der Waals surface area contributed by atoms with E-state index in [1.165, 1.54) is 12.1 Å². The molecule has 148 valence electrons. The third-order valence-corrected chi connectivity index (χ3v) is 4.63. The first-order valence-electron chi connectivity index (χ1n) is 9.33. The van der Waals surface area contributed by atoms with Crippen molar-refractivity contribution in [1.29, 1.82) is 5.26 Å². The molecule has 1 heterocycles. The lowest BCUT2D eigenvalue weighted by atomic mass is 10.1. The van der Waals surface area contributed by atoms with Crippen LogP contribution >= 0.6 is 0 Å². The Morgan fingerprint density at radius 1 is 1.07 bits per heavy atom. The van der Waals surface area contributed by atoms with Gasteiger partial charge in [-0.05, 0) is 30.3 Å². The Kier molecular flexibility index (Phi) is 5.39. The van der Waals surface area contributed by atoms with Crippen molar-refractivity contribution in [2.24, 2.45) is 0 Å².